The number of fused-ring (bicyclic) bond motifs is 1. The van der Waals surface area contributed by atoms with Crippen LogP contribution in [0.1, 0.15) is 45.4 Å². The summed E-state index contributed by atoms with van der Waals surface area (Å²) in [4.78, 5) is 13.9. The summed E-state index contributed by atoms with van der Waals surface area (Å²) < 4.78 is 5.51. The number of likely N-dealkylation sites (tertiary alicyclic amines) is 1. The molecule has 0 radical (unpaired) electrons. The molecule has 0 aromatic heterocycles. The van der Waals surface area contributed by atoms with E-state index in [-0.39, 0.29) is 17.9 Å². The van der Waals surface area contributed by atoms with E-state index >= 15 is 0 Å². The number of hydrogen-bond donors (Lipinski definition) is 3. The van der Waals surface area contributed by atoms with E-state index in [1.165, 1.54) is 5.57 Å². The topological polar surface area (TPSA) is 79.6 Å². The molecule has 2 heterocycles. The molecule has 1 unspecified atom stereocenters. The molecule has 4 N–H and O–H groups in total. The molecule has 0 spiro atoms. The van der Waals surface area contributed by atoms with Crippen LogP contribution in [0.15, 0.2) is 48.1 Å². The Kier molecular flexibility index (Phi) is 8.64. The Bertz CT molecular complexity index is 632. The van der Waals surface area contributed by atoms with Gasteiger partial charge in [-0.3, -0.25) is 4.79 Å². The van der Waals surface area contributed by atoms with E-state index in [1.807, 2.05) is 11.9 Å². The van der Waals surface area contributed by atoms with Gasteiger partial charge in [-0.2, -0.15) is 0 Å². The van der Waals surface area contributed by atoms with E-state index in [0.717, 1.165) is 63.0 Å². The van der Waals surface area contributed by atoms with Crippen LogP contribution in [0, 0.1) is 5.92 Å². The molecule has 0 aromatic carbocycles. The van der Waals surface area contributed by atoms with Crippen molar-refractivity contribution in [1.29, 1.82) is 0 Å². The Balaban J connectivity index is 0.000000203. The van der Waals surface area contributed by atoms with Crippen molar-refractivity contribution in [2.75, 3.05) is 26.7 Å². The largest absolute Gasteiger partial charge is 0.390 e. The van der Waals surface area contributed by atoms with Crippen molar-refractivity contribution in [3.05, 3.63) is 48.1 Å². The highest BCUT2D eigenvalue weighted by Gasteiger charge is 2.27. The number of nitrogens with one attached hydrogen (secondary N) is 2. The van der Waals surface area contributed by atoms with Gasteiger partial charge < -0.3 is 26.0 Å². The minimum Gasteiger partial charge on any atom is -0.390 e. The fraction of sp³-hybridized carbons (Fsp3) is 0.591. The van der Waals surface area contributed by atoms with Gasteiger partial charge in [-0.25, -0.2) is 0 Å². The summed E-state index contributed by atoms with van der Waals surface area (Å²) in [6.45, 7) is 11.8. The number of carbonyl (C=O) groups excluding carboxylic acids is 1. The number of nitrogens with zero attached hydrogens (tertiary/aromatic N) is 1. The zero-order valence-electron chi connectivity index (χ0n) is 17.4. The monoisotopic (exact) mass is 388 g/mol. The minimum atomic E-state index is 0.224. The number of amides is 1. The van der Waals surface area contributed by atoms with Crippen LogP contribution in [-0.2, 0) is 9.53 Å². The first kappa shape index (κ1) is 22.1. The Hall–Kier alpha value is -2.21. The van der Waals surface area contributed by atoms with E-state index < -0.39 is 0 Å². The summed E-state index contributed by atoms with van der Waals surface area (Å²) in [5.41, 5.74) is 8.82. The van der Waals surface area contributed by atoms with Gasteiger partial charge in [0, 0.05) is 37.4 Å². The first-order chi connectivity index (χ1) is 13.4. The molecule has 2 fully saturated rings. The summed E-state index contributed by atoms with van der Waals surface area (Å²) in [5.74, 6) is 1.07. The van der Waals surface area contributed by atoms with Crippen LogP contribution in [-0.4, -0.2) is 43.7 Å². The average molecular weight is 389 g/mol. The second-order valence-electron chi connectivity index (χ2n) is 7.62. The highest BCUT2D eigenvalue weighted by atomic mass is 16.5. The molecule has 1 aliphatic carbocycles. The van der Waals surface area contributed by atoms with Crippen LogP contribution in [0.5, 0.6) is 0 Å². The Labute approximate surface area is 169 Å². The quantitative estimate of drug-likeness (QED) is 0.625. The van der Waals surface area contributed by atoms with E-state index in [1.54, 1.807) is 0 Å². The van der Waals surface area contributed by atoms with Crippen molar-refractivity contribution in [1.82, 2.24) is 15.5 Å². The second-order valence-corrected chi connectivity index (χ2v) is 7.62. The molecule has 156 valence electrons. The standard InChI is InChI=1S/C13H19NO.C9H17N3O/c1-2-5-11-9-8-10-6-3-4-7-12(10)14-13(11)15;1-7(11-3)6-13-9-4-12(5-9)8(2)10/h6-7,11H,2-5,8-9H2,1H3,(H,14,15);9,11H,1-2,4-6,10H2,3H3. The van der Waals surface area contributed by atoms with Crippen LogP contribution in [0.4, 0.5) is 0 Å². The Morgan fingerprint density at radius 3 is 2.71 bits per heavy atom. The molecule has 6 nitrogen and oxygen atoms in total. The number of rotatable bonds is 7. The molecule has 0 bridgehead atoms. The van der Waals surface area contributed by atoms with Gasteiger partial charge in [0.15, 0.2) is 0 Å². The normalized spacial score (nSPS) is 21.6. The van der Waals surface area contributed by atoms with Crippen LogP contribution >= 0.6 is 0 Å². The molecule has 3 aliphatic rings. The lowest BCUT2D eigenvalue weighted by Gasteiger charge is -2.40. The summed E-state index contributed by atoms with van der Waals surface area (Å²) in [6.07, 6.45) is 11.1. The third kappa shape index (κ3) is 6.44. The highest BCUT2D eigenvalue weighted by Crippen LogP contribution is 2.28. The van der Waals surface area contributed by atoms with Crippen molar-refractivity contribution in [3.63, 3.8) is 0 Å². The fourth-order valence-electron chi connectivity index (χ4n) is 3.48. The molecule has 6 heteroatoms. The molecule has 0 saturated carbocycles. The lowest BCUT2D eigenvalue weighted by Crippen LogP contribution is -2.52. The summed E-state index contributed by atoms with van der Waals surface area (Å²) >= 11 is 0. The predicted octanol–water partition coefficient (Wildman–Crippen LogP) is 2.77. The molecule has 2 aliphatic heterocycles. The molecular formula is C22H36N4O2. The first-order valence-electron chi connectivity index (χ1n) is 10.3. The minimum absolute atomic E-state index is 0.224. The number of allylic oxidation sites excluding steroid dienone is 3. The molecule has 2 saturated heterocycles. The van der Waals surface area contributed by atoms with E-state index in [0.29, 0.717) is 12.4 Å². The van der Waals surface area contributed by atoms with Crippen molar-refractivity contribution < 1.29 is 9.53 Å². The molecular weight excluding hydrogens is 352 g/mol. The van der Waals surface area contributed by atoms with Gasteiger partial charge in [-0.05, 0) is 37.7 Å². The maximum atomic E-state index is 11.9. The maximum Gasteiger partial charge on any atom is 0.227 e. The number of nitrogens with two attached hydrogens (primary N) is 1. The average Bonchev–Trinajstić information content (AvgIpc) is 2.79. The number of carbonyl (C=O) groups is 1. The lowest BCUT2D eigenvalue weighted by molar-refractivity contribution is -0.124. The molecule has 3 rings (SSSR count). The van der Waals surface area contributed by atoms with Crippen molar-refractivity contribution in [2.24, 2.45) is 11.7 Å². The van der Waals surface area contributed by atoms with Gasteiger partial charge in [0.2, 0.25) is 5.91 Å². The van der Waals surface area contributed by atoms with Crippen molar-refractivity contribution >= 4 is 5.91 Å². The SMILES string of the molecule is C=C(COC1CN(C(=C)N)C1)NC.CCCC1CCC2=CCCC=C2NC1=O. The summed E-state index contributed by atoms with van der Waals surface area (Å²) in [6, 6.07) is 0. The van der Waals surface area contributed by atoms with Gasteiger partial charge in [-0.15, -0.1) is 0 Å². The van der Waals surface area contributed by atoms with Crippen LogP contribution in [0.2, 0.25) is 0 Å². The maximum absolute atomic E-state index is 11.9. The third-order valence-electron chi connectivity index (χ3n) is 5.38. The number of likely N-dealkylation sites (N-methyl/N-ethyl adjacent to an activating group) is 1. The zero-order valence-corrected chi connectivity index (χ0v) is 17.4. The van der Waals surface area contributed by atoms with Gasteiger partial charge in [0.25, 0.3) is 0 Å². The second kappa shape index (κ2) is 11.0. The predicted molar refractivity (Wildman–Crippen MR) is 114 cm³/mol. The van der Waals surface area contributed by atoms with E-state index in [4.69, 9.17) is 10.5 Å². The summed E-state index contributed by atoms with van der Waals surface area (Å²) in [5, 5.41) is 6.00. The molecule has 28 heavy (non-hydrogen) atoms. The van der Waals surface area contributed by atoms with E-state index in [2.05, 4.69) is 42.9 Å². The smallest absolute Gasteiger partial charge is 0.227 e. The Morgan fingerprint density at radius 1 is 1.36 bits per heavy atom. The molecule has 1 amide bonds. The Morgan fingerprint density at radius 2 is 2.07 bits per heavy atom. The van der Waals surface area contributed by atoms with Gasteiger partial charge in [0.1, 0.15) is 0 Å². The van der Waals surface area contributed by atoms with Crippen LogP contribution in [0.3, 0.4) is 0 Å². The molecule has 1 atom stereocenters. The van der Waals surface area contributed by atoms with Crippen molar-refractivity contribution in [2.45, 2.75) is 51.6 Å². The lowest BCUT2D eigenvalue weighted by atomic mass is 9.94. The molecule has 0 aromatic rings. The van der Waals surface area contributed by atoms with Crippen LogP contribution < -0.4 is 16.4 Å². The number of ether oxygens (including phenoxy) is 1. The third-order valence-corrected chi connectivity index (χ3v) is 5.38. The van der Waals surface area contributed by atoms with Gasteiger partial charge in [-0.1, -0.05) is 38.7 Å². The van der Waals surface area contributed by atoms with E-state index in [9.17, 15) is 4.79 Å². The van der Waals surface area contributed by atoms with Gasteiger partial charge >= 0.3 is 0 Å². The van der Waals surface area contributed by atoms with Crippen molar-refractivity contribution in [3.8, 4) is 0 Å². The van der Waals surface area contributed by atoms with Crippen LogP contribution in [0.25, 0.3) is 0 Å². The zero-order chi connectivity index (χ0) is 20.5. The number of hydrogen-bond acceptors (Lipinski definition) is 5. The summed E-state index contributed by atoms with van der Waals surface area (Å²) in [7, 11) is 1.83. The fourth-order valence-corrected chi connectivity index (χ4v) is 3.48. The highest BCUT2D eigenvalue weighted by molar-refractivity contribution is 5.82. The van der Waals surface area contributed by atoms with Gasteiger partial charge in [0.05, 0.1) is 18.5 Å². The first-order valence-corrected chi connectivity index (χ1v) is 10.3.